The molecule has 2 heterocycles. The van der Waals surface area contributed by atoms with E-state index >= 15 is 0 Å². The number of thioether (sulfide) groups is 1. The van der Waals surface area contributed by atoms with E-state index in [-0.39, 0.29) is 23.5 Å². The highest BCUT2D eigenvalue weighted by Crippen LogP contribution is 2.34. The molecule has 0 unspecified atom stereocenters. The number of furan rings is 1. The topological polar surface area (TPSA) is 95.3 Å². The molecule has 2 amide bonds. The standard InChI is InChI=1S/C21H21NO7S/c1-4-9-22-19(23)18(30-21(22)25)11-13-5-7-15(17(10-13)26-2)28-12-14-6-8-16(29-14)20(24)27-3/h5-8,10-11H,4,9,12H2,1-3H3/b18-11+. The molecule has 1 fully saturated rings. The van der Waals surface area contributed by atoms with E-state index in [1.165, 1.54) is 25.2 Å². The van der Waals surface area contributed by atoms with Crippen LogP contribution >= 0.6 is 11.8 Å². The van der Waals surface area contributed by atoms with Crippen molar-refractivity contribution in [2.24, 2.45) is 0 Å². The first kappa shape index (κ1) is 21.5. The number of nitrogens with zero attached hydrogens (tertiary/aromatic N) is 1. The van der Waals surface area contributed by atoms with Crippen LogP contribution in [0.2, 0.25) is 0 Å². The number of carbonyl (C=O) groups is 3. The monoisotopic (exact) mass is 431 g/mol. The van der Waals surface area contributed by atoms with Crippen LogP contribution in [0.15, 0.2) is 39.7 Å². The first-order valence-corrected chi connectivity index (χ1v) is 10.0. The Labute approximate surface area is 177 Å². The van der Waals surface area contributed by atoms with Gasteiger partial charge in [0, 0.05) is 6.54 Å². The molecule has 30 heavy (non-hydrogen) atoms. The number of benzene rings is 1. The molecule has 0 atom stereocenters. The summed E-state index contributed by atoms with van der Waals surface area (Å²) in [6.45, 7) is 2.40. The smallest absolute Gasteiger partial charge is 0.373 e. The van der Waals surface area contributed by atoms with E-state index in [9.17, 15) is 14.4 Å². The van der Waals surface area contributed by atoms with Gasteiger partial charge in [-0.05, 0) is 54.1 Å². The zero-order valence-corrected chi connectivity index (χ0v) is 17.6. The third-order valence-corrected chi connectivity index (χ3v) is 5.13. The fourth-order valence-electron chi connectivity index (χ4n) is 2.78. The molecule has 2 aromatic rings. The van der Waals surface area contributed by atoms with Crippen LogP contribution < -0.4 is 9.47 Å². The minimum atomic E-state index is -0.563. The number of amides is 2. The van der Waals surface area contributed by atoms with Gasteiger partial charge in [0.05, 0.1) is 19.1 Å². The lowest BCUT2D eigenvalue weighted by molar-refractivity contribution is -0.122. The van der Waals surface area contributed by atoms with E-state index in [0.717, 1.165) is 11.8 Å². The second kappa shape index (κ2) is 9.53. The highest BCUT2D eigenvalue weighted by atomic mass is 32.2. The zero-order chi connectivity index (χ0) is 21.7. The quantitative estimate of drug-likeness (QED) is 0.455. The third kappa shape index (κ3) is 4.68. The van der Waals surface area contributed by atoms with Crippen molar-refractivity contribution in [1.29, 1.82) is 0 Å². The lowest BCUT2D eigenvalue weighted by Gasteiger charge is -2.11. The van der Waals surface area contributed by atoms with E-state index in [2.05, 4.69) is 4.74 Å². The Morgan fingerprint density at radius 1 is 1.17 bits per heavy atom. The second-order valence-electron chi connectivity index (χ2n) is 6.29. The van der Waals surface area contributed by atoms with Crippen molar-refractivity contribution in [1.82, 2.24) is 4.90 Å². The summed E-state index contributed by atoms with van der Waals surface area (Å²) in [6, 6.07) is 8.31. The van der Waals surface area contributed by atoms with Crippen molar-refractivity contribution in [3.8, 4) is 11.5 Å². The second-order valence-corrected chi connectivity index (χ2v) is 7.28. The van der Waals surface area contributed by atoms with Crippen molar-refractivity contribution in [3.05, 3.63) is 52.3 Å². The number of rotatable bonds is 8. The van der Waals surface area contributed by atoms with Crippen LogP contribution in [0, 0.1) is 0 Å². The minimum Gasteiger partial charge on any atom is -0.493 e. The first-order valence-electron chi connectivity index (χ1n) is 9.20. The van der Waals surface area contributed by atoms with Gasteiger partial charge < -0.3 is 18.6 Å². The summed E-state index contributed by atoms with van der Waals surface area (Å²) in [4.78, 5) is 37.4. The van der Waals surface area contributed by atoms with Gasteiger partial charge in [0.25, 0.3) is 11.1 Å². The largest absolute Gasteiger partial charge is 0.493 e. The van der Waals surface area contributed by atoms with Gasteiger partial charge in [-0.2, -0.15) is 0 Å². The summed E-state index contributed by atoms with van der Waals surface area (Å²) < 4.78 is 21.1. The van der Waals surface area contributed by atoms with Crippen molar-refractivity contribution >= 4 is 35.0 Å². The van der Waals surface area contributed by atoms with Crippen LogP contribution in [0.5, 0.6) is 11.5 Å². The predicted molar refractivity (Wildman–Crippen MR) is 110 cm³/mol. The summed E-state index contributed by atoms with van der Waals surface area (Å²) >= 11 is 0.925. The van der Waals surface area contributed by atoms with E-state index in [0.29, 0.717) is 40.7 Å². The van der Waals surface area contributed by atoms with E-state index in [1.54, 1.807) is 30.3 Å². The molecule has 0 bridgehead atoms. The van der Waals surface area contributed by atoms with E-state index < -0.39 is 5.97 Å². The highest BCUT2D eigenvalue weighted by molar-refractivity contribution is 8.18. The van der Waals surface area contributed by atoms with Crippen LogP contribution in [-0.2, 0) is 16.1 Å². The van der Waals surface area contributed by atoms with Gasteiger partial charge in [-0.25, -0.2) is 4.79 Å². The van der Waals surface area contributed by atoms with Gasteiger partial charge in [-0.3, -0.25) is 14.5 Å². The molecule has 3 rings (SSSR count). The van der Waals surface area contributed by atoms with Gasteiger partial charge in [0.1, 0.15) is 12.4 Å². The molecule has 1 saturated heterocycles. The fraction of sp³-hybridized carbons (Fsp3) is 0.286. The number of methoxy groups -OCH3 is 2. The molecule has 0 aliphatic carbocycles. The maximum Gasteiger partial charge on any atom is 0.373 e. The van der Waals surface area contributed by atoms with Crippen LogP contribution in [-0.4, -0.2) is 42.8 Å². The molecule has 1 aromatic heterocycles. The Bertz CT molecular complexity index is 995. The molecule has 1 aliphatic heterocycles. The van der Waals surface area contributed by atoms with Crippen LogP contribution in [0.1, 0.15) is 35.2 Å². The molecule has 1 aliphatic rings. The summed E-state index contributed by atoms with van der Waals surface area (Å²) in [5.74, 6) is 0.611. The maximum atomic E-state index is 12.4. The third-order valence-electron chi connectivity index (χ3n) is 4.22. The Hall–Kier alpha value is -3.20. The number of hydrogen-bond acceptors (Lipinski definition) is 8. The molecule has 158 valence electrons. The van der Waals surface area contributed by atoms with Crippen molar-refractivity contribution in [3.63, 3.8) is 0 Å². The predicted octanol–water partition coefficient (Wildman–Crippen LogP) is 4.10. The highest BCUT2D eigenvalue weighted by Gasteiger charge is 2.34. The van der Waals surface area contributed by atoms with Gasteiger partial charge >= 0.3 is 5.97 Å². The minimum absolute atomic E-state index is 0.0859. The number of carbonyl (C=O) groups excluding carboxylic acids is 3. The van der Waals surface area contributed by atoms with Gasteiger partial charge in [0.15, 0.2) is 11.5 Å². The normalized spacial score (nSPS) is 15.0. The van der Waals surface area contributed by atoms with E-state index in [4.69, 9.17) is 13.9 Å². The lowest BCUT2D eigenvalue weighted by Crippen LogP contribution is -2.28. The van der Waals surface area contributed by atoms with Crippen LogP contribution in [0.4, 0.5) is 4.79 Å². The zero-order valence-electron chi connectivity index (χ0n) is 16.8. The molecule has 8 nitrogen and oxygen atoms in total. The summed E-state index contributed by atoms with van der Waals surface area (Å²) in [5, 5.41) is -0.259. The summed E-state index contributed by atoms with van der Waals surface area (Å²) in [5.41, 5.74) is 0.701. The van der Waals surface area contributed by atoms with Gasteiger partial charge in [-0.15, -0.1) is 0 Å². The number of ether oxygens (including phenoxy) is 3. The first-order chi connectivity index (χ1) is 14.5. The molecular weight excluding hydrogens is 410 g/mol. The molecule has 0 radical (unpaired) electrons. The van der Waals surface area contributed by atoms with Crippen molar-refractivity contribution in [2.75, 3.05) is 20.8 Å². The fourth-order valence-corrected chi connectivity index (χ4v) is 3.64. The van der Waals surface area contributed by atoms with Crippen molar-refractivity contribution < 1.29 is 33.0 Å². The number of imide groups is 1. The number of hydrogen-bond donors (Lipinski definition) is 0. The van der Waals surface area contributed by atoms with Crippen molar-refractivity contribution in [2.45, 2.75) is 20.0 Å². The van der Waals surface area contributed by atoms with Crippen LogP contribution in [0.25, 0.3) is 6.08 Å². The molecule has 0 N–H and O–H groups in total. The Morgan fingerprint density at radius 2 is 1.97 bits per heavy atom. The molecule has 0 saturated carbocycles. The summed E-state index contributed by atoms with van der Waals surface area (Å²) in [6.07, 6.45) is 2.37. The Morgan fingerprint density at radius 3 is 2.67 bits per heavy atom. The average Bonchev–Trinajstić information content (AvgIpc) is 3.33. The molecule has 9 heteroatoms. The Kier molecular flexibility index (Phi) is 6.83. The SMILES string of the molecule is CCCN1C(=O)S/C(=C/c2ccc(OCc3ccc(C(=O)OC)o3)c(OC)c2)C1=O. The number of esters is 1. The average molecular weight is 431 g/mol. The Balaban J connectivity index is 1.72. The van der Waals surface area contributed by atoms with Crippen LogP contribution in [0.3, 0.4) is 0 Å². The summed E-state index contributed by atoms with van der Waals surface area (Å²) in [7, 11) is 2.78. The van der Waals surface area contributed by atoms with Gasteiger partial charge in [0.2, 0.25) is 5.76 Å². The molecular formula is C21H21NO7S. The molecule has 1 aromatic carbocycles. The maximum absolute atomic E-state index is 12.4. The lowest BCUT2D eigenvalue weighted by atomic mass is 10.2. The molecule has 0 spiro atoms. The van der Waals surface area contributed by atoms with Gasteiger partial charge in [-0.1, -0.05) is 13.0 Å². The van der Waals surface area contributed by atoms with E-state index in [1.807, 2.05) is 6.92 Å².